The van der Waals surface area contributed by atoms with Gasteiger partial charge in [0.1, 0.15) is 11.0 Å². The van der Waals surface area contributed by atoms with Crippen LogP contribution in [0.15, 0.2) is 36.7 Å². The molecule has 8 nitrogen and oxygen atoms in total. The van der Waals surface area contributed by atoms with Crippen LogP contribution in [0.1, 0.15) is 28.9 Å². The molecule has 0 amide bonds. The summed E-state index contributed by atoms with van der Waals surface area (Å²) in [5.74, 6) is 0.588. The largest absolute Gasteiger partial charge is 0.493 e. The Bertz CT molecular complexity index is 1350. The number of rotatable bonds is 5. The molecule has 0 saturated heterocycles. The summed E-state index contributed by atoms with van der Waals surface area (Å²) in [7, 11) is 3.08. The van der Waals surface area contributed by atoms with Gasteiger partial charge in [-0.05, 0) is 31.0 Å². The second-order valence-corrected chi connectivity index (χ2v) is 7.81. The summed E-state index contributed by atoms with van der Waals surface area (Å²) < 4.78 is 10.7. The molecule has 0 spiro atoms. The molecule has 0 fully saturated rings. The third-order valence-corrected chi connectivity index (χ3v) is 5.82. The Morgan fingerprint density at radius 3 is 2.81 bits per heavy atom. The molecule has 5 rings (SSSR count). The number of methoxy groups -OCH3 is 2. The number of hydrogen-bond donors (Lipinski definition) is 2. The monoisotopic (exact) mass is 449 g/mol. The summed E-state index contributed by atoms with van der Waals surface area (Å²) in [6.07, 6.45) is 5.39. The Labute approximate surface area is 189 Å². The van der Waals surface area contributed by atoms with Crippen LogP contribution in [0.3, 0.4) is 0 Å². The molecule has 0 bridgehead atoms. The molecule has 1 aliphatic rings. The average Bonchev–Trinajstić information content (AvgIpc) is 3.17. The molecule has 1 aliphatic carbocycles. The average molecular weight is 450 g/mol. The third-order valence-electron chi connectivity index (χ3n) is 5.53. The molecule has 0 atom stereocenters. The van der Waals surface area contributed by atoms with Crippen molar-refractivity contribution in [1.29, 1.82) is 0 Å². The van der Waals surface area contributed by atoms with Gasteiger partial charge in [0, 0.05) is 23.9 Å². The number of ether oxygens (including phenoxy) is 2. The van der Waals surface area contributed by atoms with Gasteiger partial charge in [-0.1, -0.05) is 17.7 Å². The van der Waals surface area contributed by atoms with Crippen LogP contribution in [-0.2, 0) is 6.42 Å². The first kappa shape index (κ1) is 20.3. The van der Waals surface area contributed by atoms with E-state index in [-0.39, 0.29) is 11.8 Å². The number of aryl methyl sites for hydroxylation is 1. The van der Waals surface area contributed by atoms with E-state index in [9.17, 15) is 4.79 Å². The summed E-state index contributed by atoms with van der Waals surface area (Å²) in [6.45, 7) is 0. The van der Waals surface area contributed by atoms with Gasteiger partial charge in [0.15, 0.2) is 11.5 Å². The van der Waals surface area contributed by atoms with E-state index in [0.29, 0.717) is 45.2 Å². The highest BCUT2D eigenvalue weighted by Gasteiger charge is 2.28. The van der Waals surface area contributed by atoms with Gasteiger partial charge in [0.25, 0.3) is 0 Å². The lowest BCUT2D eigenvalue weighted by atomic mass is 9.95. The van der Waals surface area contributed by atoms with Gasteiger partial charge in [-0.3, -0.25) is 9.78 Å². The van der Waals surface area contributed by atoms with Crippen molar-refractivity contribution in [3.8, 4) is 23.0 Å². The van der Waals surface area contributed by atoms with E-state index < -0.39 is 0 Å². The van der Waals surface area contributed by atoms with Gasteiger partial charge < -0.3 is 19.8 Å². The number of Topliss-reactive ketones (excluding diaryl/α,β-unsaturated/α-hetero) is 1. The summed E-state index contributed by atoms with van der Waals surface area (Å²) in [6, 6.07) is 7.54. The van der Waals surface area contributed by atoms with Crippen molar-refractivity contribution >= 4 is 39.8 Å². The first-order valence-corrected chi connectivity index (χ1v) is 10.5. The van der Waals surface area contributed by atoms with Crippen molar-refractivity contribution in [2.24, 2.45) is 0 Å². The molecule has 3 aromatic heterocycles. The lowest BCUT2D eigenvalue weighted by Gasteiger charge is -2.16. The van der Waals surface area contributed by atoms with E-state index in [1.54, 1.807) is 25.6 Å². The predicted octanol–water partition coefficient (Wildman–Crippen LogP) is 4.95. The Kier molecular flexibility index (Phi) is 5.14. The van der Waals surface area contributed by atoms with Crippen LogP contribution in [0, 0.1) is 0 Å². The minimum Gasteiger partial charge on any atom is -0.493 e. The van der Waals surface area contributed by atoms with Gasteiger partial charge in [0.05, 0.1) is 48.1 Å². The highest BCUT2D eigenvalue weighted by atomic mass is 35.5. The number of halogens is 1. The van der Waals surface area contributed by atoms with Crippen LogP contribution in [0.25, 0.3) is 22.3 Å². The molecule has 32 heavy (non-hydrogen) atoms. The number of hydrogen-bond acceptors (Lipinski definition) is 7. The molecule has 1 aromatic carbocycles. The Morgan fingerprint density at radius 2 is 2.00 bits per heavy atom. The van der Waals surface area contributed by atoms with Crippen molar-refractivity contribution < 1.29 is 14.3 Å². The van der Waals surface area contributed by atoms with Crippen molar-refractivity contribution in [2.45, 2.75) is 19.3 Å². The van der Waals surface area contributed by atoms with Gasteiger partial charge in [0.2, 0.25) is 0 Å². The fourth-order valence-corrected chi connectivity index (χ4v) is 4.35. The van der Waals surface area contributed by atoms with Gasteiger partial charge >= 0.3 is 6.01 Å². The zero-order chi connectivity index (χ0) is 22.2. The third kappa shape index (κ3) is 3.33. The first-order chi connectivity index (χ1) is 15.6. The standard InChI is InChI=1S/C23H20ClN5O3/c1-31-22-13(24)5-3-7-15(22)28-21-18-14(6-4-8-17(18)30)27-20(21)12-9-10-25-16-11-26-23(32-2)29-19(12)16/h3,5,7,9-11,27-28H,4,6,8H2,1-2H3. The SMILES string of the molecule is COc1ncc2nccc(-c3[nH]c4c(c3Nc3cccc(Cl)c3OC)C(=O)CCC4)c2n1. The maximum Gasteiger partial charge on any atom is 0.316 e. The van der Waals surface area contributed by atoms with Gasteiger partial charge in [-0.25, -0.2) is 4.98 Å². The van der Waals surface area contributed by atoms with E-state index in [4.69, 9.17) is 21.1 Å². The van der Waals surface area contributed by atoms with Crippen molar-refractivity contribution in [3.05, 3.63) is 52.9 Å². The molecule has 9 heteroatoms. The summed E-state index contributed by atoms with van der Waals surface area (Å²) >= 11 is 6.33. The van der Waals surface area contributed by atoms with Gasteiger partial charge in [-0.2, -0.15) is 4.98 Å². The fourth-order valence-electron chi connectivity index (χ4n) is 4.10. The Balaban J connectivity index is 1.76. The number of carbonyl (C=O) groups excluding carboxylic acids is 1. The van der Waals surface area contributed by atoms with E-state index in [2.05, 4.69) is 25.3 Å². The molecule has 0 radical (unpaired) electrons. The second-order valence-electron chi connectivity index (χ2n) is 7.40. The minimum absolute atomic E-state index is 0.0859. The summed E-state index contributed by atoms with van der Waals surface area (Å²) in [5, 5.41) is 3.88. The number of nitrogens with one attached hydrogen (secondary N) is 2. The number of para-hydroxylation sites is 1. The maximum absolute atomic E-state index is 13.0. The van der Waals surface area contributed by atoms with E-state index in [1.807, 2.05) is 18.2 Å². The number of aromatic nitrogens is 4. The topological polar surface area (TPSA) is 102 Å². The normalized spacial score (nSPS) is 13.2. The number of carbonyl (C=O) groups is 1. The highest BCUT2D eigenvalue weighted by molar-refractivity contribution is 6.32. The Hall–Kier alpha value is -3.65. The second kappa shape index (κ2) is 8.12. The molecule has 2 N–H and O–H groups in total. The highest BCUT2D eigenvalue weighted by Crippen LogP contribution is 2.43. The zero-order valence-corrected chi connectivity index (χ0v) is 18.3. The zero-order valence-electron chi connectivity index (χ0n) is 17.5. The van der Waals surface area contributed by atoms with Gasteiger partial charge in [-0.15, -0.1) is 0 Å². The molecular weight excluding hydrogens is 430 g/mol. The van der Waals surface area contributed by atoms with E-state index >= 15 is 0 Å². The van der Waals surface area contributed by atoms with Crippen LogP contribution in [0.4, 0.5) is 11.4 Å². The summed E-state index contributed by atoms with van der Waals surface area (Å²) in [5.41, 5.74) is 5.62. The molecule has 3 heterocycles. The lowest BCUT2D eigenvalue weighted by Crippen LogP contribution is -2.11. The molecule has 4 aromatic rings. The lowest BCUT2D eigenvalue weighted by molar-refractivity contribution is 0.0973. The number of ketones is 1. The quantitative estimate of drug-likeness (QED) is 0.444. The smallest absolute Gasteiger partial charge is 0.316 e. The van der Waals surface area contributed by atoms with Crippen molar-refractivity contribution in [2.75, 3.05) is 19.5 Å². The molecule has 0 unspecified atom stereocenters. The number of pyridine rings is 1. The maximum atomic E-state index is 13.0. The number of H-pyrrole nitrogens is 1. The van der Waals surface area contributed by atoms with E-state index in [1.165, 1.54) is 7.11 Å². The number of anilines is 2. The first-order valence-electron chi connectivity index (χ1n) is 10.1. The number of nitrogens with zero attached hydrogens (tertiary/aromatic N) is 3. The molecule has 162 valence electrons. The number of aromatic amines is 1. The number of fused-ring (bicyclic) bond motifs is 2. The van der Waals surface area contributed by atoms with Crippen molar-refractivity contribution in [3.63, 3.8) is 0 Å². The van der Waals surface area contributed by atoms with Crippen LogP contribution in [0.5, 0.6) is 11.8 Å². The molecule has 0 aliphatic heterocycles. The van der Waals surface area contributed by atoms with Crippen LogP contribution >= 0.6 is 11.6 Å². The van der Waals surface area contributed by atoms with E-state index in [0.717, 1.165) is 29.8 Å². The van der Waals surface area contributed by atoms with Crippen LogP contribution < -0.4 is 14.8 Å². The fraction of sp³-hybridized carbons (Fsp3) is 0.217. The molecular formula is C23H20ClN5O3. The number of benzene rings is 1. The van der Waals surface area contributed by atoms with Crippen LogP contribution in [-0.4, -0.2) is 39.9 Å². The minimum atomic E-state index is 0.0859. The summed E-state index contributed by atoms with van der Waals surface area (Å²) in [4.78, 5) is 29.5. The van der Waals surface area contributed by atoms with Crippen molar-refractivity contribution in [1.82, 2.24) is 19.9 Å². The Morgan fingerprint density at radius 1 is 1.12 bits per heavy atom. The predicted molar refractivity (Wildman–Crippen MR) is 122 cm³/mol. The molecule has 0 saturated carbocycles. The van der Waals surface area contributed by atoms with Crippen LogP contribution in [0.2, 0.25) is 5.02 Å².